The smallest absolute Gasteiger partial charge is 0.317 e. The first-order valence-electron chi connectivity index (χ1n) is 8.40. The minimum Gasteiger partial charge on any atom is -0.334 e. The summed E-state index contributed by atoms with van der Waals surface area (Å²) in [6.45, 7) is 1.09. The summed E-state index contributed by atoms with van der Waals surface area (Å²) >= 11 is 0. The monoisotopic (exact) mass is 330 g/mol. The van der Waals surface area contributed by atoms with Crippen LogP contribution in [0.5, 0.6) is 0 Å². The normalized spacial score (nSPS) is 10.3. The second-order valence-electron chi connectivity index (χ2n) is 6.02. The third-order valence-corrected chi connectivity index (χ3v) is 4.14. The molecule has 3 nitrogen and oxygen atoms in total. The van der Waals surface area contributed by atoms with Crippen molar-refractivity contribution in [2.45, 2.75) is 13.1 Å². The fourth-order valence-corrected chi connectivity index (χ4v) is 2.79. The minimum atomic E-state index is -0.0771. The van der Waals surface area contributed by atoms with Crippen LogP contribution >= 0.6 is 0 Å². The van der Waals surface area contributed by atoms with Gasteiger partial charge in [-0.3, -0.25) is 0 Å². The number of nitrogens with one attached hydrogen (secondary N) is 1. The van der Waals surface area contributed by atoms with Crippen molar-refractivity contribution < 1.29 is 4.79 Å². The van der Waals surface area contributed by atoms with Crippen LogP contribution in [0.15, 0.2) is 84.9 Å². The first-order chi connectivity index (χ1) is 12.2. The molecule has 3 aromatic rings. The minimum absolute atomic E-state index is 0.0771. The molecular weight excluding hydrogens is 308 g/mol. The molecule has 0 bridgehead atoms. The van der Waals surface area contributed by atoms with E-state index in [-0.39, 0.29) is 6.03 Å². The Kier molecular flexibility index (Phi) is 5.47. The van der Waals surface area contributed by atoms with E-state index < -0.39 is 0 Å². The lowest BCUT2D eigenvalue weighted by molar-refractivity contribution is 0.206. The van der Waals surface area contributed by atoms with Crippen molar-refractivity contribution in [3.05, 3.63) is 96.1 Å². The van der Waals surface area contributed by atoms with E-state index >= 15 is 0 Å². The van der Waals surface area contributed by atoms with Gasteiger partial charge >= 0.3 is 6.03 Å². The number of carbonyl (C=O) groups excluding carboxylic acids is 1. The van der Waals surface area contributed by atoms with Crippen molar-refractivity contribution in [1.82, 2.24) is 10.2 Å². The fourth-order valence-electron chi connectivity index (χ4n) is 2.79. The number of hydrogen-bond acceptors (Lipinski definition) is 1. The van der Waals surface area contributed by atoms with Crippen LogP contribution in [-0.4, -0.2) is 18.0 Å². The third kappa shape index (κ3) is 4.48. The third-order valence-electron chi connectivity index (χ3n) is 4.14. The maximum Gasteiger partial charge on any atom is 0.317 e. The second kappa shape index (κ2) is 8.15. The van der Waals surface area contributed by atoms with E-state index in [1.165, 1.54) is 0 Å². The van der Waals surface area contributed by atoms with Gasteiger partial charge in [0.1, 0.15) is 0 Å². The van der Waals surface area contributed by atoms with Crippen LogP contribution in [0.4, 0.5) is 4.79 Å². The lowest BCUT2D eigenvalue weighted by atomic mass is 9.99. The van der Waals surface area contributed by atoms with Crippen molar-refractivity contribution in [2.24, 2.45) is 0 Å². The summed E-state index contributed by atoms with van der Waals surface area (Å²) in [5.74, 6) is 0. The average Bonchev–Trinajstić information content (AvgIpc) is 2.68. The largest absolute Gasteiger partial charge is 0.334 e. The molecule has 0 saturated carbocycles. The number of benzene rings is 3. The Morgan fingerprint density at radius 2 is 1.44 bits per heavy atom. The standard InChI is InChI=1S/C22H22N2O/c1-24(22(25)23-16-18-10-4-2-5-11-18)17-20-14-8-9-15-21(20)19-12-6-3-7-13-19/h2-15H,16-17H2,1H3,(H,23,25). The van der Waals surface area contributed by atoms with Gasteiger partial charge in [0.15, 0.2) is 0 Å². The number of amides is 2. The van der Waals surface area contributed by atoms with Gasteiger partial charge in [-0.2, -0.15) is 0 Å². The highest BCUT2D eigenvalue weighted by Crippen LogP contribution is 2.24. The zero-order valence-corrected chi connectivity index (χ0v) is 14.4. The second-order valence-corrected chi connectivity index (χ2v) is 6.02. The summed E-state index contributed by atoms with van der Waals surface area (Å²) < 4.78 is 0. The van der Waals surface area contributed by atoms with Crippen LogP contribution in [-0.2, 0) is 13.1 Å². The molecule has 25 heavy (non-hydrogen) atoms. The molecule has 0 heterocycles. The predicted octanol–water partition coefficient (Wildman–Crippen LogP) is 4.70. The molecule has 0 saturated heterocycles. The van der Waals surface area contributed by atoms with E-state index in [1.807, 2.05) is 67.7 Å². The van der Waals surface area contributed by atoms with Gasteiger partial charge in [0.05, 0.1) is 0 Å². The highest BCUT2D eigenvalue weighted by molar-refractivity contribution is 5.74. The van der Waals surface area contributed by atoms with Crippen molar-refractivity contribution >= 4 is 6.03 Å². The summed E-state index contributed by atoms with van der Waals surface area (Å²) in [6, 6.07) is 28.3. The fraction of sp³-hybridized carbons (Fsp3) is 0.136. The van der Waals surface area contributed by atoms with E-state index in [9.17, 15) is 4.79 Å². The molecule has 0 unspecified atom stereocenters. The van der Waals surface area contributed by atoms with Gasteiger partial charge in [0.2, 0.25) is 0 Å². The van der Waals surface area contributed by atoms with Crippen LogP contribution in [0, 0.1) is 0 Å². The van der Waals surface area contributed by atoms with Crippen LogP contribution < -0.4 is 5.32 Å². The number of nitrogens with zero attached hydrogens (tertiary/aromatic N) is 1. The van der Waals surface area contributed by atoms with E-state index in [1.54, 1.807) is 4.90 Å². The van der Waals surface area contributed by atoms with Gasteiger partial charge in [-0.25, -0.2) is 4.79 Å². The highest BCUT2D eigenvalue weighted by Gasteiger charge is 2.11. The highest BCUT2D eigenvalue weighted by atomic mass is 16.2. The van der Waals surface area contributed by atoms with Crippen molar-refractivity contribution in [1.29, 1.82) is 0 Å². The van der Waals surface area contributed by atoms with Crippen molar-refractivity contribution in [3.63, 3.8) is 0 Å². The maximum atomic E-state index is 12.4. The van der Waals surface area contributed by atoms with E-state index in [0.717, 1.165) is 22.3 Å². The van der Waals surface area contributed by atoms with Gasteiger partial charge in [0.25, 0.3) is 0 Å². The number of carbonyl (C=O) groups is 1. The Balaban J connectivity index is 1.67. The van der Waals surface area contributed by atoms with Gasteiger partial charge in [-0.05, 0) is 22.3 Å². The molecule has 3 rings (SSSR count). The number of hydrogen-bond donors (Lipinski definition) is 1. The molecule has 1 N–H and O–H groups in total. The molecule has 2 amide bonds. The Hall–Kier alpha value is -3.07. The lowest BCUT2D eigenvalue weighted by Crippen LogP contribution is -2.36. The molecule has 0 spiro atoms. The molecule has 0 atom stereocenters. The Labute approximate surface area is 148 Å². The van der Waals surface area contributed by atoms with Crippen LogP contribution in [0.1, 0.15) is 11.1 Å². The van der Waals surface area contributed by atoms with Crippen LogP contribution in [0.3, 0.4) is 0 Å². The zero-order valence-electron chi connectivity index (χ0n) is 14.4. The van der Waals surface area contributed by atoms with E-state index in [4.69, 9.17) is 0 Å². The predicted molar refractivity (Wildman–Crippen MR) is 102 cm³/mol. The molecule has 0 aliphatic rings. The first-order valence-corrected chi connectivity index (χ1v) is 8.40. The molecule has 0 aromatic heterocycles. The number of rotatable bonds is 5. The molecule has 126 valence electrons. The Bertz CT molecular complexity index is 816. The molecule has 0 aliphatic heterocycles. The lowest BCUT2D eigenvalue weighted by Gasteiger charge is -2.20. The van der Waals surface area contributed by atoms with Crippen molar-refractivity contribution in [3.8, 4) is 11.1 Å². The zero-order chi connectivity index (χ0) is 17.5. The quantitative estimate of drug-likeness (QED) is 0.723. The molecule has 0 radical (unpaired) electrons. The number of urea groups is 1. The van der Waals surface area contributed by atoms with Gasteiger partial charge < -0.3 is 10.2 Å². The molecule has 0 aliphatic carbocycles. The molecule has 3 aromatic carbocycles. The SMILES string of the molecule is CN(Cc1ccccc1-c1ccccc1)C(=O)NCc1ccccc1. The van der Waals surface area contributed by atoms with Gasteiger partial charge in [-0.15, -0.1) is 0 Å². The molecule has 3 heteroatoms. The summed E-state index contributed by atoms with van der Waals surface area (Å²) in [6.07, 6.45) is 0. The van der Waals surface area contributed by atoms with Crippen LogP contribution in [0.25, 0.3) is 11.1 Å². The Morgan fingerprint density at radius 3 is 2.16 bits per heavy atom. The molecular formula is C22H22N2O. The first kappa shape index (κ1) is 16.8. The van der Waals surface area contributed by atoms with E-state index in [2.05, 4.69) is 29.6 Å². The van der Waals surface area contributed by atoms with E-state index in [0.29, 0.717) is 13.1 Å². The molecule has 0 fully saturated rings. The summed E-state index contributed by atoms with van der Waals surface area (Å²) in [5, 5.41) is 2.97. The van der Waals surface area contributed by atoms with Crippen LogP contribution in [0.2, 0.25) is 0 Å². The van der Waals surface area contributed by atoms with Gasteiger partial charge in [0, 0.05) is 20.1 Å². The summed E-state index contributed by atoms with van der Waals surface area (Å²) in [5.41, 5.74) is 4.54. The maximum absolute atomic E-state index is 12.4. The summed E-state index contributed by atoms with van der Waals surface area (Å²) in [4.78, 5) is 14.1. The average molecular weight is 330 g/mol. The Morgan fingerprint density at radius 1 is 0.840 bits per heavy atom. The topological polar surface area (TPSA) is 32.3 Å². The summed E-state index contributed by atoms with van der Waals surface area (Å²) in [7, 11) is 1.82. The van der Waals surface area contributed by atoms with Gasteiger partial charge in [-0.1, -0.05) is 84.9 Å². The van der Waals surface area contributed by atoms with Crippen molar-refractivity contribution in [2.75, 3.05) is 7.05 Å².